The fourth-order valence-corrected chi connectivity index (χ4v) is 2.54. The molecule has 16 heavy (non-hydrogen) atoms. The topological polar surface area (TPSA) is 66.4 Å². The van der Waals surface area contributed by atoms with Crippen molar-refractivity contribution in [3.8, 4) is 0 Å². The van der Waals surface area contributed by atoms with Gasteiger partial charge in [-0.25, -0.2) is 4.79 Å². The third-order valence-corrected chi connectivity index (χ3v) is 3.57. The van der Waals surface area contributed by atoms with Crippen LogP contribution in [0.4, 0.5) is 5.00 Å². The standard InChI is InChI=1S/C10H7NO3S2/c12-8(7-2-1-4-15-7)11-9-6(10(13)14)3-5-16-9/h1-5H,(H,11,12)(H,13,14). The molecule has 2 aromatic rings. The van der Waals surface area contributed by atoms with E-state index in [1.165, 1.54) is 28.7 Å². The van der Waals surface area contributed by atoms with E-state index in [0.29, 0.717) is 9.88 Å². The molecule has 6 heteroatoms. The average Bonchev–Trinajstić information content (AvgIpc) is 2.86. The highest BCUT2D eigenvalue weighted by atomic mass is 32.1. The molecular weight excluding hydrogens is 246 g/mol. The minimum atomic E-state index is -1.04. The van der Waals surface area contributed by atoms with Crippen LogP contribution in [0.25, 0.3) is 0 Å². The van der Waals surface area contributed by atoms with Crippen molar-refractivity contribution in [1.82, 2.24) is 0 Å². The third-order valence-electron chi connectivity index (χ3n) is 1.87. The largest absolute Gasteiger partial charge is 0.478 e. The van der Waals surface area contributed by atoms with Crippen molar-refractivity contribution >= 4 is 39.6 Å². The van der Waals surface area contributed by atoms with E-state index in [2.05, 4.69) is 5.32 Å². The van der Waals surface area contributed by atoms with Crippen molar-refractivity contribution in [2.24, 2.45) is 0 Å². The lowest BCUT2D eigenvalue weighted by atomic mass is 10.3. The number of carbonyl (C=O) groups excluding carboxylic acids is 1. The Morgan fingerprint density at radius 1 is 1.19 bits per heavy atom. The summed E-state index contributed by atoms with van der Waals surface area (Å²) in [6.07, 6.45) is 0. The number of amides is 1. The summed E-state index contributed by atoms with van der Waals surface area (Å²) in [6.45, 7) is 0. The van der Waals surface area contributed by atoms with Gasteiger partial charge in [-0.2, -0.15) is 0 Å². The Balaban J connectivity index is 2.18. The van der Waals surface area contributed by atoms with Crippen LogP contribution in [0.15, 0.2) is 29.0 Å². The molecule has 0 fully saturated rings. The van der Waals surface area contributed by atoms with E-state index in [4.69, 9.17) is 5.11 Å². The fourth-order valence-electron chi connectivity index (χ4n) is 1.15. The number of nitrogens with one attached hydrogen (secondary N) is 1. The molecule has 0 aromatic carbocycles. The molecule has 0 saturated carbocycles. The van der Waals surface area contributed by atoms with Crippen LogP contribution in [0.5, 0.6) is 0 Å². The number of hydrogen-bond donors (Lipinski definition) is 2. The predicted octanol–water partition coefficient (Wildman–Crippen LogP) is 2.76. The molecule has 4 nitrogen and oxygen atoms in total. The quantitative estimate of drug-likeness (QED) is 0.883. The maximum atomic E-state index is 11.7. The zero-order chi connectivity index (χ0) is 11.5. The molecule has 2 heterocycles. The number of carboxylic acid groups (broad SMARTS) is 1. The van der Waals surface area contributed by atoms with Gasteiger partial charge in [0.25, 0.3) is 5.91 Å². The normalized spacial score (nSPS) is 10.0. The van der Waals surface area contributed by atoms with Crippen molar-refractivity contribution in [3.05, 3.63) is 39.4 Å². The number of aromatic carboxylic acids is 1. The average molecular weight is 253 g/mol. The van der Waals surface area contributed by atoms with Crippen molar-refractivity contribution < 1.29 is 14.7 Å². The second kappa shape index (κ2) is 4.46. The zero-order valence-electron chi connectivity index (χ0n) is 7.97. The van der Waals surface area contributed by atoms with Gasteiger partial charge in [-0.05, 0) is 22.9 Å². The summed E-state index contributed by atoms with van der Waals surface area (Å²) in [5, 5.41) is 15.2. The maximum absolute atomic E-state index is 11.7. The molecule has 0 atom stereocenters. The number of hydrogen-bond acceptors (Lipinski definition) is 4. The number of carbonyl (C=O) groups is 2. The van der Waals surface area contributed by atoms with Crippen LogP contribution in [0.3, 0.4) is 0 Å². The Morgan fingerprint density at radius 2 is 2.00 bits per heavy atom. The van der Waals surface area contributed by atoms with Gasteiger partial charge in [-0.1, -0.05) is 6.07 Å². The molecule has 0 spiro atoms. The molecule has 0 bridgehead atoms. The summed E-state index contributed by atoms with van der Waals surface area (Å²) in [4.78, 5) is 23.0. The first kappa shape index (κ1) is 10.8. The summed E-state index contributed by atoms with van der Waals surface area (Å²) in [6, 6.07) is 4.93. The molecule has 82 valence electrons. The fraction of sp³-hybridized carbons (Fsp3) is 0. The van der Waals surface area contributed by atoms with Gasteiger partial charge in [0.15, 0.2) is 0 Å². The van der Waals surface area contributed by atoms with Crippen LogP contribution in [0.1, 0.15) is 20.0 Å². The molecule has 2 aromatic heterocycles. The van der Waals surface area contributed by atoms with Gasteiger partial charge in [0.05, 0.1) is 10.4 Å². The minimum Gasteiger partial charge on any atom is -0.478 e. The van der Waals surface area contributed by atoms with Crippen LogP contribution in [0, 0.1) is 0 Å². The van der Waals surface area contributed by atoms with Gasteiger partial charge < -0.3 is 10.4 Å². The third kappa shape index (κ3) is 2.12. The lowest BCUT2D eigenvalue weighted by molar-refractivity contribution is 0.0698. The summed E-state index contributed by atoms with van der Waals surface area (Å²) < 4.78 is 0. The number of thiophene rings is 2. The van der Waals surface area contributed by atoms with E-state index >= 15 is 0 Å². The first-order chi connectivity index (χ1) is 7.68. The highest BCUT2D eigenvalue weighted by Gasteiger charge is 2.14. The van der Waals surface area contributed by atoms with Gasteiger partial charge >= 0.3 is 5.97 Å². The highest BCUT2D eigenvalue weighted by molar-refractivity contribution is 7.15. The van der Waals surface area contributed by atoms with Crippen LogP contribution in [0.2, 0.25) is 0 Å². The van der Waals surface area contributed by atoms with Crippen LogP contribution < -0.4 is 5.32 Å². The van der Waals surface area contributed by atoms with Crippen LogP contribution in [-0.2, 0) is 0 Å². The van der Waals surface area contributed by atoms with E-state index in [9.17, 15) is 9.59 Å². The highest BCUT2D eigenvalue weighted by Crippen LogP contribution is 2.24. The summed E-state index contributed by atoms with van der Waals surface area (Å²) >= 11 is 2.51. The molecule has 1 amide bonds. The maximum Gasteiger partial charge on any atom is 0.338 e. The Hall–Kier alpha value is -1.66. The van der Waals surface area contributed by atoms with Crippen molar-refractivity contribution in [3.63, 3.8) is 0 Å². The van der Waals surface area contributed by atoms with E-state index in [-0.39, 0.29) is 11.5 Å². The molecule has 0 aliphatic carbocycles. The Kier molecular flexibility index (Phi) is 3.02. The summed E-state index contributed by atoms with van der Waals surface area (Å²) in [5.74, 6) is -1.32. The number of anilines is 1. The second-order valence-electron chi connectivity index (χ2n) is 2.90. The number of rotatable bonds is 3. The molecule has 0 aliphatic heterocycles. The second-order valence-corrected chi connectivity index (χ2v) is 4.76. The van der Waals surface area contributed by atoms with Gasteiger partial charge in [-0.15, -0.1) is 22.7 Å². The molecule has 0 saturated heterocycles. The Morgan fingerprint density at radius 3 is 2.62 bits per heavy atom. The SMILES string of the molecule is O=C(Nc1sccc1C(=O)O)c1cccs1. The molecule has 0 radical (unpaired) electrons. The first-order valence-electron chi connectivity index (χ1n) is 4.34. The van der Waals surface area contributed by atoms with Crippen molar-refractivity contribution in [2.45, 2.75) is 0 Å². The smallest absolute Gasteiger partial charge is 0.338 e. The number of carboxylic acids is 1. The van der Waals surface area contributed by atoms with Gasteiger partial charge in [0, 0.05) is 0 Å². The minimum absolute atomic E-state index is 0.120. The summed E-state index contributed by atoms with van der Waals surface area (Å²) in [5.41, 5.74) is 0.120. The van der Waals surface area contributed by atoms with E-state index in [1.807, 2.05) is 0 Å². The van der Waals surface area contributed by atoms with E-state index in [0.717, 1.165) is 0 Å². The monoisotopic (exact) mass is 253 g/mol. The Labute approximate surface area is 99.2 Å². The molecular formula is C10H7NO3S2. The van der Waals surface area contributed by atoms with E-state index < -0.39 is 5.97 Å². The van der Waals surface area contributed by atoms with Gasteiger partial charge in [0.1, 0.15) is 5.00 Å². The zero-order valence-corrected chi connectivity index (χ0v) is 9.60. The molecule has 2 N–H and O–H groups in total. The predicted molar refractivity (Wildman–Crippen MR) is 63.6 cm³/mol. The van der Waals surface area contributed by atoms with Gasteiger partial charge in [0.2, 0.25) is 0 Å². The van der Waals surface area contributed by atoms with E-state index in [1.54, 1.807) is 22.9 Å². The lowest BCUT2D eigenvalue weighted by Crippen LogP contribution is -2.11. The molecule has 0 aliphatic rings. The Bertz CT molecular complexity index is 516. The summed E-state index contributed by atoms with van der Waals surface area (Å²) in [7, 11) is 0. The molecule has 0 unspecified atom stereocenters. The van der Waals surface area contributed by atoms with Crippen LogP contribution in [-0.4, -0.2) is 17.0 Å². The lowest BCUT2D eigenvalue weighted by Gasteiger charge is -2.01. The van der Waals surface area contributed by atoms with Crippen LogP contribution >= 0.6 is 22.7 Å². The van der Waals surface area contributed by atoms with Crippen molar-refractivity contribution in [1.29, 1.82) is 0 Å². The molecule has 2 rings (SSSR count). The van der Waals surface area contributed by atoms with Crippen molar-refractivity contribution in [2.75, 3.05) is 5.32 Å². The first-order valence-corrected chi connectivity index (χ1v) is 6.10. The van der Waals surface area contributed by atoms with Gasteiger partial charge in [-0.3, -0.25) is 4.79 Å².